The molecule has 0 saturated carbocycles. The van der Waals surface area contributed by atoms with Crippen LogP contribution >= 0.6 is 0 Å². The van der Waals surface area contributed by atoms with Gasteiger partial charge in [-0.2, -0.15) is 18.4 Å². The molecule has 0 fully saturated rings. The Morgan fingerprint density at radius 1 is 1.26 bits per heavy atom. The molecule has 0 radical (unpaired) electrons. The topological polar surface area (TPSA) is 71.3 Å². The van der Waals surface area contributed by atoms with E-state index in [9.17, 15) is 13.2 Å². The molecule has 1 heterocycles. The highest BCUT2D eigenvalue weighted by Gasteiger charge is 2.39. The lowest BCUT2D eigenvalue weighted by atomic mass is 10.1. The van der Waals surface area contributed by atoms with Crippen molar-refractivity contribution in [1.82, 2.24) is 14.9 Å². The van der Waals surface area contributed by atoms with Crippen molar-refractivity contribution in [3.63, 3.8) is 0 Å². The third kappa shape index (κ3) is 4.74. The minimum Gasteiger partial charge on any atom is -0.479 e. The molecule has 0 bridgehead atoms. The quantitative estimate of drug-likeness (QED) is 0.611. The van der Waals surface area contributed by atoms with Crippen molar-refractivity contribution in [2.24, 2.45) is 0 Å². The van der Waals surface area contributed by atoms with Gasteiger partial charge in [0.15, 0.2) is 0 Å². The zero-order valence-corrected chi connectivity index (χ0v) is 13.4. The molecule has 0 amide bonds. The summed E-state index contributed by atoms with van der Waals surface area (Å²) in [7, 11) is 4.37. The third-order valence-electron chi connectivity index (χ3n) is 2.56. The number of nitrogens with zero attached hydrogens (tertiary/aromatic N) is 4. The lowest BCUT2D eigenvalue weighted by Gasteiger charge is -2.17. The molecular weight excluding hydrogens is 313 g/mol. The van der Waals surface area contributed by atoms with Crippen molar-refractivity contribution in [2.45, 2.75) is 25.9 Å². The Kier molecular flexibility index (Phi) is 5.79. The molecule has 0 N–H and O–H groups in total. The highest BCUT2D eigenvalue weighted by molar-refractivity contribution is 5.34. The summed E-state index contributed by atoms with van der Waals surface area (Å²) in [4.78, 5) is 8.85. The van der Waals surface area contributed by atoms with Gasteiger partial charge in [-0.05, 0) is 0 Å². The first-order chi connectivity index (χ1) is 10.6. The Hall–Kier alpha value is -2.50. The molecule has 0 aliphatic heterocycles. The average molecular weight is 330 g/mol. The lowest BCUT2D eigenvalue weighted by molar-refractivity contribution is -0.143. The van der Waals surface area contributed by atoms with Crippen LogP contribution in [0.5, 0.6) is 11.8 Å². The number of halogens is 3. The van der Waals surface area contributed by atoms with Crippen molar-refractivity contribution in [1.29, 1.82) is 5.26 Å². The van der Waals surface area contributed by atoms with Gasteiger partial charge in [0, 0.05) is 20.0 Å². The third-order valence-corrected chi connectivity index (χ3v) is 2.56. The fraction of sp³-hybridized carbons (Fsp3) is 0.500. The maximum atomic E-state index is 13.1. The fourth-order valence-corrected chi connectivity index (χ4v) is 1.61. The normalized spacial score (nSPS) is 12.1. The molecule has 126 valence electrons. The summed E-state index contributed by atoms with van der Waals surface area (Å²) >= 11 is 0. The van der Waals surface area contributed by atoms with Gasteiger partial charge in [0.2, 0.25) is 23.2 Å². The monoisotopic (exact) mass is 330 g/mol. The Morgan fingerprint density at radius 2 is 1.87 bits per heavy atom. The zero-order chi connectivity index (χ0) is 17.8. The summed E-state index contributed by atoms with van der Waals surface area (Å²) in [6, 6.07) is 1.75. The van der Waals surface area contributed by atoms with E-state index in [2.05, 4.69) is 14.7 Å². The first-order valence-corrected chi connectivity index (χ1v) is 6.59. The first-order valence-electron chi connectivity index (χ1n) is 6.59. The first kappa shape index (κ1) is 18.5. The molecule has 0 aliphatic carbocycles. The average Bonchev–Trinajstić information content (AvgIpc) is 2.44. The molecule has 1 rings (SSSR count). The smallest absolute Gasteiger partial charge is 0.438 e. The van der Waals surface area contributed by atoms with E-state index < -0.39 is 17.8 Å². The van der Waals surface area contributed by atoms with Crippen molar-refractivity contribution in [2.75, 3.05) is 21.2 Å². The molecule has 0 spiro atoms. The minimum atomic E-state index is -4.76. The summed E-state index contributed by atoms with van der Waals surface area (Å²) in [6.07, 6.45) is -3.44. The van der Waals surface area contributed by atoms with E-state index in [4.69, 9.17) is 10.00 Å². The molecule has 0 saturated heterocycles. The number of methoxy groups -OCH3 is 1. The molecule has 9 heteroatoms. The fourth-order valence-electron chi connectivity index (χ4n) is 1.61. The number of rotatable bonds is 5. The Bertz CT molecular complexity index is 634. The highest BCUT2D eigenvalue weighted by Crippen LogP contribution is 2.37. The van der Waals surface area contributed by atoms with Gasteiger partial charge in [-0.1, -0.05) is 13.8 Å². The molecule has 23 heavy (non-hydrogen) atoms. The second-order valence-corrected chi connectivity index (χ2v) is 5.10. The van der Waals surface area contributed by atoms with Crippen LogP contribution in [0.3, 0.4) is 0 Å². The number of aromatic nitrogens is 2. The largest absolute Gasteiger partial charge is 0.479 e. The maximum absolute atomic E-state index is 13.1. The minimum absolute atomic E-state index is 0.162. The number of hydrogen-bond donors (Lipinski definition) is 0. The van der Waals surface area contributed by atoms with Gasteiger partial charge in [0.1, 0.15) is 11.8 Å². The van der Waals surface area contributed by atoms with Crippen LogP contribution in [0.2, 0.25) is 0 Å². The van der Waals surface area contributed by atoms with Crippen LogP contribution in [-0.2, 0) is 6.18 Å². The van der Waals surface area contributed by atoms with Gasteiger partial charge in [-0.25, -0.2) is 9.97 Å². The second kappa shape index (κ2) is 7.17. The second-order valence-electron chi connectivity index (χ2n) is 5.10. The van der Waals surface area contributed by atoms with Crippen molar-refractivity contribution in [3.8, 4) is 17.8 Å². The standard InChI is InChI=1S/C14H17F3N4O2/c1-8(2)10-12(23-9(6-18)7-21(3)4)20-11(14(15,16)17)13(19-10)22-5/h7-8H,1-5H3/b9-7+. The van der Waals surface area contributed by atoms with E-state index in [1.54, 1.807) is 34.0 Å². The SMILES string of the molecule is COc1nc(C(C)C)c(O/C(C#N)=C/N(C)C)nc1C(F)(F)F. The van der Waals surface area contributed by atoms with Crippen molar-refractivity contribution in [3.05, 3.63) is 23.3 Å². The van der Waals surface area contributed by atoms with E-state index in [1.165, 1.54) is 11.1 Å². The molecule has 6 nitrogen and oxygen atoms in total. The molecule has 0 unspecified atom stereocenters. The summed E-state index contributed by atoms with van der Waals surface area (Å²) < 4.78 is 49.1. The molecule has 0 aliphatic rings. The molecule has 0 atom stereocenters. The predicted molar refractivity (Wildman–Crippen MR) is 75.7 cm³/mol. The molecule has 1 aromatic heterocycles. The maximum Gasteiger partial charge on any atom is 0.438 e. The van der Waals surface area contributed by atoms with Gasteiger partial charge in [0.25, 0.3) is 0 Å². The van der Waals surface area contributed by atoms with E-state index >= 15 is 0 Å². The Labute approximate surface area is 132 Å². The molecular formula is C14H17F3N4O2. The van der Waals surface area contributed by atoms with Crippen LogP contribution < -0.4 is 9.47 Å². The number of hydrogen-bond acceptors (Lipinski definition) is 6. The summed E-state index contributed by atoms with van der Waals surface area (Å²) in [5.41, 5.74) is -1.14. The van der Waals surface area contributed by atoms with Gasteiger partial charge in [0.05, 0.1) is 13.3 Å². The van der Waals surface area contributed by atoms with Crippen LogP contribution in [-0.4, -0.2) is 36.1 Å². The van der Waals surface area contributed by atoms with E-state index in [0.29, 0.717) is 0 Å². The van der Waals surface area contributed by atoms with E-state index in [0.717, 1.165) is 7.11 Å². The van der Waals surface area contributed by atoms with Crippen LogP contribution in [0.25, 0.3) is 0 Å². The van der Waals surface area contributed by atoms with Crippen LogP contribution in [0, 0.1) is 11.3 Å². The highest BCUT2D eigenvalue weighted by atomic mass is 19.4. The predicted octanol–water partition coefficient (Wildman–Crippen LogP) is 2.93. The summed E-state index contributed by atoms with van der Waals surface area (Å²) in [6.45, 7) is 3.43. The Morgan fingerprint density at radius 3 is 2.26 bits per heavy atom. The summed E-state index contributed by atoms with van der Waals surface area (Å²) in [5.74, 6) is -1.50. The van der Waals surface area contributed by atoms with Gasteiger partial charge in [-0.3, -0.25) is 0 Å². The molecule has 1 aromatic rings. The van der Waals surface area contributed by atoms with Gasteiger partial charge in [-0.15, -0.1) is 0 Å². The lowest BCUT2D eigenvalue weighted by Crippen LogP contribution is -2.16. The van der Waals surface area contributed by atoms with Crippen LogP contribution in [0.4, 0.5) is 13.2 Å². The van der Waals surface area contributed by atoms with Gasteiger partial charge < -0.3 is 14.4 Å². The zero-order valence-electron chi connectivity index (χ0n) is 13.4. The van der Waals surface area contributed by atoms with Crippen molar-refractivity contribution < 1.29 is 22.6 Å². The number of nitriles is 1. The molecule has 0 aromatic carbocycles. The van der Waals surface area contributed by atoms with Crippen LogP contribution in [0.15, 0.2) is 12.0 Å². The van der Waals surface area contributed by atoms with Gasteiger partial charge >= 0.3 is 6.18 Å². The summed E-state index contributed by atoms with van der Waals surface area (Å²) in [5, 5.41) is 9.03. The number of ether oxygens (including phenoxy) is 2. The number of allylic oxidation sites excluding steroid dienone is 1. The van der Waals surface area contributed by atoms with E-state index in [1.807, 2.05) is 0 Å². The van der Waals surface area contributed by atoms with Crippen LogP contribution in [0.1, 0.15) is 31.2 Å². The Balaban J connectivity index is 3.48. The van der Waals surface area contributed by atoms with E-state index in [-0.39, 0.29) is 23.3 Å². The number of alkyl halides is 3. The van der Waals surface area contributed by atoms with Crippen molar-refractivity contribution >= 4 is 0 Å².